The second kappa shape index (κ2) is 5.84. The molecule has 4 heteroatoms. The molecular weight excluding hydrogens is 243 g/mol. The Morgan fingerprint density at radius 3 is 2.15 bits per heavy atom. The smallest absolute Gasteiger partial charge is 0.126 e. The summed E-state index contributed by atoms with van der Waals surface area (Å²) >= 11 is 17.5. The van der Waals surface area contributed by atoms with Gasteiger partial charge in [0.25, 0.3) is 0 Å². The van der Waals surface area contributed by atoms with Crippen molar-refractivity contribution in [1.29, 1.82) is 0 Å². The minimum atomic E-state index is -2.33. The Kier molecular flexibility index (Phi) is 5.47. The summed E-state index contributed by atoms with van der Waals surface area (Å²) < 4.78 is 0. The van der Waals surface area contributed by atoms with Crippen molar-refractivity contribution in [1.82, 2.24) is 0 Å². The summed E-state index contributed by atoms with van der Waals surface area (Å²) in [6.07, 6.45) is 9.46. The Hall–Kier alpha value is 1.09. The SMILES string of the molecule is Cl[Si](Cl)(Cl)CCCC1CCCCC1. The van der Waals surface area contributed by atoms with Crippen LogP contribution in [0.5, 0.6) is 0 Å². The highest BCUT2D eigenvalue weighted by atomic mass is 35.8. The van der Waals surface area contributed by atoms with Gasteiger partial charge in [-0.05, 0) is 12.0 Å². The molecule has 0 atom stereocenters. The zero-order valence-electron chi connectivity index (χ0n) is 7.87. The van der Waals surface area contributed by atoms with Crippen molar-refractivity contribution in [3.63, 3.8) is 0 Å². The van der Waals surface area contributed by atoms with Crippen LogP contribution in [0.15, 0.2) is 0 Å². The van der Waals surface area contributed by atoms with Crippen LogP contribution in [0.4, 0.5) is 0 Å². The van der Waals surface area contributed by atoms with Gasteiger partial charge in [0.15, 0.2) is 0 Å². The van der Waals surface area contributed by atoms with Crippen molar-refractivity contribution in [2.24, 2.45) is 5.92 Å². The molecule has 0 unspecified atom stereocenters. The molecule has 0 spiro atoms. The summed E-state index contributed by atoms with van der Waals surface area (Å²) in [6, 6.07) is -1.48. The molecule has 0 bridgehead atoms. The molecule has 0 aromatic rings. The lowest BCUT2D eigenvalue weighted by atomic mass is 9.86. The molecule has 78 valence electrons. The maximum absolute atomic E-state index is 5.82. The van der Waals surface area contributed by atoms with Gasteiger partial charge in [0, 0.05) is 0 Å². The fourth-order valence-electron chi connectivity index (χ4n) is 2.07. The van der Waals surface area contributed by atoms with Crippen molar-refractivity contribution in [2.75, 3.05) is 0 Å². The molecule has 1 aliphatic rings. The van der Waals surface area contributed by atoms with Crippen molar-refractivity contribution < 1.29 is 0 Å². The molecule has 1 fully saturated rings. The summed E-state index contributed by atoms with van der Waals surface area (Å²) in [4.78, 5) is 0. The van der Waals surface area contributed by atoms with Gasteiger partial charge in [-0.3, -0.25) is 0 Å². The van der Waals surface area contributed by atoms with Gasteiger partial charge in [-0.25, -0.2) is 0 Å². The predicted molar refractivity (Wildman–Crippen MR) is 63.9 cm³/mol. The normalized spacial score (nSPS) is 20.5. The highest BCUT2D eigenvalue weighted by molar-refractivity contribution is 7.64. The molecule has 0 amide bonds. The molecule has 0 N–H and O–H groups in total. The highest BCUT2D eigenvalue weighted by Gasteiger charge is 2.24. The fourth-order valence-corrected chi connectivity index (χ4v) is 3.87. The molecule has 13 heavy (non-hydrogen) atoms. The number of hydrogen-bond donors (Lipinski definition) is 0. The van der Waals surface area contributed by atoms with Crippen LogP contribution in [0.25, 0.3) is 0 Å². The zero-order chi connectivity index (χ0) is 9.73. The minimum Gasteiger partial charge on any atom is -0.126 e. The van der Waals surface area contributed by atoms with E-state index in [1.165, 1.54) is 38.5 Å². The molecular formula is C9H17Cl3Si. The van der Waals surface area contributed by atoms with Crippen LogP contribution in [-0.2, 0) is 0 Å². The van der Waals surface area contributed by atoms with E-state index in [-0.39, 0.29) is 0 Å². The lowest BCUT2D eigenvalue weighted by Gasteiger charge is -2.21. The fraction of sp³-hybridized carbons (Fsp3) is 1.00. The topological polar surface area (TPSA) is 0 Å². The van der Waals surface area contributed by atoms with Crippen molar-refractivity contribution >= 4 is 39.2 Å². The van der Waals surface area contributed by atoms with E-state index in [9.17, 15) is 0 Å². The van der Waals surface area contributed by atoms with E-state index in [1.807, 2.05) is 0 Å². The van der Waals surface area contributed by atoms with Crippen LogP contribution in [-0.4, -0.2) is 6.00 Å². The van der Waals surface area contributed by atoms with Gasteiger partial charge in [-0.15, -0.1) is 33.2 Å². The van der Waals surface area contributed by atoms with Crippen molar-refractivity contribution in [2.45, 2.75) is 51.0 Å². The predicted octanol–water partition coefficient (Wildman–Crippen LogP) is 5.00. The standard InChI is InChI=1S/C9H17Cl3Si/c10-13(11,12)8-4-7-9-5-2-1-3-6-9/h9H,1-8H2. The Balaban J connectivity index is 2.04. The molecule has 1 saturated carbocycles. The van der Waals surface area contributed by atoms with E-state index in [0.29, 0.717) is 0 Å². The van der Waals surface area contributed by atoms with E-state index in [0.717, 1.165) is 18.4 Å². The first kappa shape index (κ1) is 12.2. The molecule has 1 aliphatic carbocycles. The van der Waals surface area contributed by atoms with E-state index >= 15 is 0 Å². The third-order valence-electron chi connectivity index (χ3n) is 2.80. The van der Waals surface area contributed by atoms with Crippen LogP contribution in [0.3, 0.4) is 0 Å². The average Bonchev–Trinajstić information content (AvgIpc) is 2.04. The van der Waals surface area contributed by atoms with E-state index < -0.39 is 6.00 Å². The second-order valence-electron chi connectivity index (χ2n) is 4.01. The summed E-state index contributed by atoms with van der Waals surface area (Å²) in [5, 5.41) is 0. The maximum atomic E-state index is 5.82. The van der Waals surface area contributed by atoms with Crippen LogP contribution >= 0.6 is 33.2 Å². The molecule has 0 aromatic carbocycles. The second-order valence-corrected chi connectivity index (χ2v) is 13.3. The monoisotopic (exact) mass is 258 g/mol. The Bertz CT molecular complexity index is 138. The van der Waals surface area contributed by atoms with Crippen LogP contribution in [0.1, 0.15) is 44.9 Å². The van der Waals surface area contributed by atoms with E-state index in [2.05, 4.69) is 0 Å². The van der Waals surface area contributed by atoms with Crippen molar-refractivity contribution in [3.05, 3.63) is 0 Å². The number of rotatable bonds is 4. The third-order valence-corrected chi connectivity index (χ3v) is 5.42. The summed E-state index contributed by atoms with van der Waals surface area (Å²) in [5.41, 5.74) is 0. The molecule has 0 nitrogen and oxygen atoms in total. The lowest BCUT2D eigenvalue weighted by molar-refractivity contribution is 0.336. The van der Waals surface area contributed by atoms with Gasteiger partial charge >= 0.3 is 6.00 Å². The van der Waals surface area contributed by atoms with E-state index in [4.69, 9.17) is 33.2 Å². The third kappa shape index (κ3) is 6.22. The minimum absolute atomic E-state index is 0.841. The first-order valence-corrected chi connectivity index (χ1v) is 10.4. The molecule has 0 saturated heterocycles. The molecule has 0 aliphatic heterocycles. The van der Waals surface area contributed by atoms with Gasteiger partial charge in [0.05, 0.1) is 0 Å². The van der Waals surface area contributed by atoms with Gasteiger partial charge in [-0.2, -0.15) is 0 Å². The van der Waals surface area contributed by atoms with Crippen LogP contribution in [0, 0.1) is 5.92 Å². The molecule has 1 rings (SSSR count). The molecule has 0 heterocycles. The van der Waals surface area contributed by atoms with Crippen LogP contribution < -0.4 is 0 Å². The largest absolute Gasteiger partial charge is 0.341 e. The number of hydrogen-bond acceptors (Lipinski definition) is 0. The Labute approximate surface area is 96.1 Å². The van der Waals surface area contributed by atoms with Gasteiger partial charge in [0.1, 0.15) is 0 Å². The summed E-state index contributed by atoms with van der Waals surface area (Å²) in [7, 11) is 0. The highest BCUT2D eigenvalue weighted by Crippen LogP contribution is 2.32. The molecule has 0 radical (unpaired) electrons. The van der Waals surface area contributed by atoms with Gasteiger partial charge in [-0.1, -0.05) is 44.9 Å². The quantitative estimate of drug-likeness (QED) is 0.492. The van der Waals surface area contributed by atoms with E-state index in [1.54, 1.807) is 0 Å². The molecule has 0 aromatic heterocycles. The first-order chi connectivity index (χ1) is 6.08. The summed E-state index contributed by atoms with van der Waals surface area (Å²) in [5.74, 6) is 0.926. The summed E-state index contributed by atoms with van der Waals surface area (Å²) in [6.45, 7) is 0. The Morgan fingerprint density at radius 2 is 1.62 bits per heavy atom. The average molecular weight is 260 g/mol. The number of halogens is 3. The lowest BCUT2D eigenvalue weighted by Crippen LogP contribution is -2.11. The first-order valence-electron chi connectivity index (χ1n) is 5.15. The van der Waals surface area contributed by atoms with Gasteiger partial charge < -0.3 is 0 Å². The Morgan fingerprint density at radius 1 is 1.00 bits per heavy atom. The van der Waals surface area contributed by atoms with Gasteiger partial charge in [0.2, 0.25) is 0 Å². The zero-order valence-corrected chi connectivity index (χ0v) is 11.1. The maximum Gasteiger partial charge on any atom is 0.341 e. The van der Waals surface area contributed by atoms with Crippen molar-refractivity contribution in [3.8, 4) is 0 Å². The van der Waals surface area contributed by atoms with Crippen LogP contribution in [0.2, 0.25) is 6.04 Å².